The van der Waals surface area contributed by atoms with Crippen LogP contribution in [-0.2, 0) is 0 Å². The molecule has 0 aliphatic rings. The van der Waals surface area contributed by atoms with Gasteiger partial charge in [-0.3, -0.25) is 0 Å². The Morgan fingerprint density at radius 1 is 0.306 bits per heavy atom. The summed E-state index contributed by atoms with van der Waals surface area (Å²) in [4.78, 5) is 4.72. The molecule has 0 unspecified atom stereocenters. The molecule has 0 amide bonds. The van der Waals surface area contributed by atoms with Crippen LogP contribution in [0.3, 0.4) is 0 Å². The van der Waals surface area contributed by atoms with Crippen molar-refractivity contribution in [1.29, 1.82) is 0 Å². The summed E-state index contributed by atoms with van der Waals surface area (Å²) in [6.45, 7) is 0. The topological polar surface area (TPSA) is 24.6 Å². The normalized spacial score (nSPS) is 11.5. The smallest absolute Gasteiger partial charge is 0.135 e. The summed E-state index contributed by atoms with van der Waals surface area (Å²) < 4.78 is 8.60. The van der Waals surface area contributed by atoms with Crippen LogP contribution in [-0.4, -0.2) is 4.57 Å². The Balaban J connectivity index is 0.963. The van der Waals surface area contributed by atoms with E-state index >= 15 is 0 Å². The number of furan rings is 1. The molecule has 12 aromatic rings. The number of nitrogens with zero attached hydrogens (tertiary/aromatic N) is 3. The molecule has 2 aromatic heterocycles. The zero-order chi connectivity index (χ0) is 41.0. The third kappa shape index (κ3) is 5.92. The van der Waals surface area contributed by atoms with Crippen molar-refractivity contribution < 1.29 is 4.42 Å². The van der Waals surface area contributed by atoms with E-state index in [0.717, 1.165) is 67.3 Å². The number of anilines is 6. The van der Waals surface area contributed by atoms with E-state index in [0.29, 0.717) is 0 Å². The summed E-state index contributed by atoms with van der Waals surface area (Å²) in [6.07, 6.45) is 0. The fourth-order valence-corrected chi connectivity index (χ4v) is 9.36. The lowest BCUT2D eigenvalue weighted by Crippen LogP contribution is -2.10. The van der Waals surface area contributed by atoms with E-state index in [1.54, 1.807) is 0 Å². The zero-order valence-corrected chi connectivity index (χ0v) is 33.8. The van der Waals surface area contributed by atoms with E-state index in [1.807, 2.05) is 12.1 Å². The molecule has 12 rings (SSSR count). The van der Waals surface area contributed by atoms with Crippen LogP contribution in [0.25, 0.3) is 71.3 Å². The van der Waals surface area contributed by atoms with E-state index in [4.69, 9.17) is 4.42 Å². The van der Waals surface area contributed by atoms with Gasteiger partial charge >= 0.3 is 0 Å². The Morgan fingerprint density at radius 3 is 1.58 bits per heavy atom. The van der Waals surface area contributed by atoms with E-state index in [-0.39, 0.29) is 0 Å². The van der Waals surface area contributed by atoms with Gasteiger partial charge in [-0.15, -0.1) is 0 Å². The first-order valence-corrected chi connectivity index (χ1v) is 21.1. The first kappa shape index (κ1) is 35.6. The Morgan fingerprint density at radius 2 is 0.823 bits per heavy atom. The Kier molecular flexibility index (Phi) is 8.46. The predicted octanol–water partition coefficient (Wildman–Crippen LogP) is 16.4. The first-order valence-electron chi connectivity index (χ1n) is 21.1. The summed E-state index contributed by atoms with van der Waals surface area (Å²) in [5.74, 6) is 0. The monoisotopic (exact) mass is 793 g/mol. The quantitative estimate of drug-likeness (QED) is 0.153. The number of para-hydroxylation sites is 5. The maximum atomic E-state index is 6.23. The standard InChI is InChI=1S/C58H39N3O/c1-4-16-41(17-5-1)59(45-32-35-56-52(38-45)50-24-12-14-26-54(50)61(56)43-20-8-3-9-21-43)44-30-28-40(29-31-44)47-34-36-55(49-23-11-10-22-48(47)49)60(42-18-6-2-7-19-42)46-33-37-58-53(39-46)51-25-13-15-27-57(51)62-58/h1-39H. The van der Waals surface area contributed by atoms with Gasteiger partial charge in [0.05, 0.1) is 16.7 Å². The van der Waals surface area contributed by atoms with Crippen molar-refractivity contribution in [3.05, 3.63) is 237 Å². The van der Waals surface area contributed by atoms with Crippen molar-refractivity contribution >= 4 is 88.6 Å². The van der Waals surface area contributed by atoms with Crippen molar-refractivity contribution in [3.8, 4) is 16.8 Å². The van der Waals surface area contributed by atoms with Crippen molar-refractivity contribution in [2.24, 2.45) is 0 Å². The minimum absolute atomic E-state index is 0.883. The maximum absolute atomic E-state index is 6.23. The largest absolute Gasteiger partial charge is 0.456 e. The Bertz CT molecular complexity index is 3570. The van der Waals surface area contributed by atoms with Gasteiger partial charge in [0.25, 0.3) is 0 Å². The predicted molar refractivity (Wildman–Crippen MR) is 260 cm³/mol. The molecular formula is C58H39N3O. The Labute approximate surface area is 359 Å². The molecule has 10 aromatic carbocycles. The van der Waals surface area contributed by atoms with Gasteiger partial charge in [0, 0.05) is 61.1 Å². The molecule has 0 saturated carbocycles. The molecule has 0 radical (unpaired) electrons. The van der Waals surface area contributed by atoms with Gasteiger partial charge in [-0.2, -0.15) is 0 Å². The molecule has 0 N–H and O–H groups in total. The molecule has 292 valence electrons. The van der Waals surface area contributed by atoms with Crippen molar-refractivity contribution in [2.45, 2.75) is 0 Å². The van der Waals surface area contributed by atoms with E-state index < -0.39 is 0 Å². The van der Waals surface area contributed by atoms with Gasteiger partial charge in [0.1, 0.15) is 11.2 Å². The highest BCUT2D eigenvalue weighted by atomic mass is 16.3. The number of hydrogen-bond donors (Lipinski definition) is 0. The lowest BCUT2D eigenvalue weighted by molar-refractivity contribution is 0.669. The van der Waals surface area contributed by atoms with E-state index in [1.165, 1.54) is 38.1 Å². The second kappa shape index (κ2) is 14.7. The summed E-state index contributed by atoms with van der Waals surface area (Å²) in [6, 6.07) is 84.6. The van der Waals surface area contributed by atoms with E-state index in [9.17, 15) is 0 Å². The second-order valence-corrected chi connectivity index (χ2v) is 15.7. The Hall–Kier alpha value is -8.34. The average molecular weight is 794 g/mol. The van der Waals surface area contributed by atoms with Crippen molar-refractivity contribution in [2.75, 3.05) is 9.80 Å². The average Bonchev–Trinajstić information content (AvgIpc) is 3.88. The van der Waals surface area contributed by atoms with Crippen LogP contribution in [0.15, 0.2) is 241 Å². The van der Waals surface area contributed by atoms with Gasteiger partial charge < -0.3 is 18.8 Å². The van der Waals surface area contributed by atoms with Crippen LogP contribution in [0.4, 0.5) is 34.1 Å². The van der Waals surface area contributed by atoms with Crippen LogP contribution >= 0.6 is 0 Å². The van der Waals surface area contributed by atoms with Gasteiger partial charge in [0.15, 0.2) is 0 Å². The van der Waals surface area contributed by atoms with Crippen molar-refractivity contribution in [1.82, 2.24) is 4.57 Å². The number of rotatable bonds is 8. The van der Waals surface area contributed by atoms with Crippen LogP contribution in [0.5, 0.6) is 0 Å². The highest BCUT2D eigenvalue weighted by molar-refractivity contribution is 6.11. The number of fused-ring (bicyclic) bond motifs is 7. The molecule has 0 aliphatic carbocycles. The molecule has 4 heteroatoms. The SMILES string of the molecule is c1ccc(N(c2ccc(-c3ccc(N(c4ccccc4)c4ccc5oc6ccccc6c5c4)c4ccccc34)cc2)c2ccc3c(c2)c2ccccc2n3-c2ccccc2)cc1. The molecule has 0 bridgehead atoms. The third-order valence-electron chi connectivity index (χ3n) is 12.2. The highest BCUT2D eigenvalue weighted by Gasteiger charge is 2.21. The minimum Gasteiger partial charge on any atom is -0.456 e. The molecule has 0 spiro atoms. The van der Waals surface area contributed by atoms with Crippen LogP contribution in [0, 0.1) is 0 Å². The van der Waals surface area contributed by atoms with Gasteiger partial charge in [-0.05, 0) is 120 Å². The molecule has 2 heterocycles. The van der Waals surface area contributed by atoms with Gasteiger partial charge in [-0.25, -0.2) is 0 Å². The van der Waals surface area contributed by atoms with E-state index in [2.05, 4.69) is 239 Å². The fraction of sp³-hybridized carbons (Fsp3) is 0. The van der Waals surface area contributed by atoms with Crippen LogP contribution in [0.2, 0.25) is 0 Å². The molecule has 4 nitrogen and oxygen atoms in total. The lowest BCUT2D eigenvalue weighted by Gasteiger charge is -2.28. The van der Waals surface area contributed by atoms with Gasteiger partial charge in [-0.1, -0.05) is 133 Å². The fourth-order valence-electron chi connectivity index (χ4n) is 9.36. The van der Waals surface area contributed by atoms with Gasteiger partial charge in [0.2, 0.25) is 0 Å². The maximum Gasteiger partial charge on any atom is 0.135 e. The molecule has 0 atom stereocenters. The first-order chi connectivity index (χ1) is 30.8. The molecule has 0 aliphatic heterocycles. The summed E-state index contributed by atoms with van der Waals surface area (Å²) in [5.41, 5.74) is 14.2. The third-order valence-corrected chi connectivity index (χ3v) is 12.2. The van der Waals surface area contributed by atoms with Crippen molar-refractivity contribution in [3.63, 3.8) is 0 Å². The van der Waals surface area contributed by atoms with Crippen LogP contribution in [0.1, 0.15) is 0 Å². The molecular weight excluding hydrogens is 755 g/mol. The van der Waals surface area contributed by atoms with Crippen LogP contribution < -0.4 is 9.80 Å². The summed E-state index contributed by atoms with van der Waals surface area (Å²) >= 11 is 0. The zero-order valence-electron chi connectivity index (χ0n) is 33.8. The second-order valence-electron chi connectivity index (χ2n) is 15.7. The summed E-state index contributed by atoms with van der Waals surface area (Å²) in [5, 5.41) is 7.02. The number of aromatic nitrogens is 1. The lowest BCUT2D eigenvalue weighted by atomic mass is 9.96. The highest BCUT2D eigenvalue weighted by Crippen LogP contribution is 2.45. The minimum atomic E-state index is 0.883. The summed E-state index contributed by atoms with van der Waals surface area (Å²) in [7, 11) is 0. The molecule has 0 saturated heterocycles. The molecule has 0 fully saturated rings. The number of hydrogen-bond acceptors (Lipinski definition) is 3. The molecule has 62 heavy (non-hydrogen) atoms. The number of benzene rings is 10.